The number of para-hydroxylation sites is 2. The topological polar surface area (TPSA) is 86.4 Å². The van der Waals surface area contributed by atoms with Gasteiger partial charge in [-0.1, -0.05) is 12.1 Å². The molecule has 1 amide bonds. The number of benzene rings is 1. The van der Waals surface area contributed by atoms with E-state index in [1.165, 1.54) is 4.57 Å². The number of rotatable bonds is 6. The Hall–Kier alpha value is -3.09. The minimum atomic E-state index is -0.550. The Kier molecular flexibility index (Phi) is 4.60. The van der Waals surface area contributed by atoms with Crippen molar-refractivity contribution in [2.45, 2.75) is 19.6 Å². The number of fused-ring (bicyclic) bond motifs is 1. The van der Waals surface area contributed by atoms with Gasteiger partial charge in [0.2, 0.25) is 5.91 Å². The molecular weight excluding hydrogens is 310 g/mol. The minimum Gasteiger partial charge on any atom is -0.487 e. The van der Waals surface area contributed by atoms with Gasteiger partial charge in [0.25, 0.3) is 0 Å². The number of nitrogens with one attached hydrogen (secondary N) is 1. The molecule has 124 valence electrons. The highest BCUT2D eigenvalue weighted by Crippen LogP contribution is 2.11. The van der Waals surface area contributed by atoms with E-state index in [9.17, 15) is 9.59 Å². The highest BCUT2D eigenvalue weighted by molar-refractivity contribution is 5.79. The van der Waals surface area contributed by atoms with Gasteiger partial charge in [-0.05, 0) is 31.2 Å². The van der Waals surface area contributed by atoms with Crippen molar-refractivity contribution in [3.63, 3.8) is 0 Å². The summed E-state index contributed by atoms with van der Waals surface area (Å²) in [5.74, 6) is -0.201. The molecule has 0 radical (unpaired) electrons. The van der Waals surface area contributed by atoms with Gasteiger partial charge >= 0.3 is 5.76 Å². The summed E-state index contributed by atoms with van der Waals surface area (Å²) < 4.78 is 12.0. The molecule has 0 aliphatic rings. The zero-order valence-electron chi connectivity index (χ0n) is 13.1. The van der Waals surface area contributed by atoms with Gasteiger partial charge in [0.05, 0.1) is 18.3 Å². The molecule has 3 aromatic rings. The maximum absolute atomic E-state index is 12.1. The van der Waals surface area contributed by atoms with Crippen molar-refractivity contribution in [3.05, 3.63) is 59.3 Å². The normalized spacial score (nSPS) is 12.0. The van der Waals surface area contributed by atoms with Gasteiger partial charge in [-0.25, -0.2) is 4.79 Å². The smallest absolute Gasteiger partial charge is 0.420 e. The molecule has 0 aliphatic heterocycles. The minimum absolute atomic E-state index is 0.102. The molecule has 1 atom stereocenters. The molecule has 2 heterocycles. The van der Waals surface area contributed by atoms with Crippen molar-refractivity contribution in [2.24, 2.45) is 0 Å². The second-order valence-corrected chi connectivity index (χ2v) is 5.34. The second kappa shape index (κ2) is 6.99. The molecule has 0 bridgehead atoms. The average Bonchev–Trinajstić information content (AvgIpc) is 2.90. The molecule has 0 saturated carbocycles. The molecule has 0 fully saturated rings. The SMILES string of the molecule is CC(CNC(=O)Cn1c(=O)oc2ccccc21)Oc1cccnc1. The summed E-state index contributed by atoms with van der Waals surface area (Å²) in [5.41, 5.74) is 1.06. The maximum Gasteiger partial charge on any atom is 0.420 e. The Bertz CT molecular complexity index is 885. The van der Waals surface area contributed by atoms with Crippen molar-refractivity contribution < 1.29 is 13.9 Å². The Morgan fingerprint density at radius 3 is 2.96 bits per heavy atom. The van der Waals surface area contributed by atoms with Crippen LogP contribution >= 0.6 is 0 Å². The van der Waals surface area contributed by atoms with Crippen LogP contribution in [0.2, 0.25) is 0 Å². The molecular formula is C17H17N3O4. The first-order valence-corrected chi connectivity index (χ1v) is 7.55. The fourth-order valence-electron chi connectivity index (χ4n) is 2.31. The number of ether oxygens (including phenoxy) is 1. The van der Waals surface area contributed by atoms with E-state index in [1.54, 1.807) is 48.8 Å². The van der Waals surface area contributed by atoms with Crippen molar-refractivity contribution in [3.8, 4) is 5.75 Å². The number of amides is 1. The molecule has 7 nitrogen and oxygen atoms in total. The number of hydrogen-bond donors (Lipinski definition) is 1. The fourth-order valence-corrected chi connectivity index (χ4v) is 2.31. The summed E-state index contributed by atoms with van der Waals surface area (Å²) >= 11 is 0. The van der Waals surface area contributed by atoms with Gasteiger partial charge in [0, 0.05) is 6.20 Å². The Morgan fingerprint density at radius 2 is 2.17 bits per heavy atom. The van der Waals surface area contributed by atoms with Gasteiger partial charge < -0.3 is 14.5 Å². The van der Waals surface area contributed by atoms with Gasteiger partial charge in [0.15, 0.2) is 5.58 Å². The van der Waals surface area contributed by atoms with Gasteiger partial charge in [-0.3, -0.25) is 14.3 Å². The second-order valence-electron chi connectivity index (χ2n) is 5.34. The van der Waals surface area contributed by atoms with Crippen LogP contribution in [0.4, 0.5) is 0 Å². The zero-order chi connectivity index (χ0) is 16.9. The van der Waals surface area contributed by atoms with E-state index >= 15 is 0 Å². The van der Waals surface area contributed by atoms with Gasteiger partial charge in [-0.15, -0.1) is 0 Å². The standard InChI is InChI=1S/C17H17N3O4/c1-12(23-13-5-4-8-18-10-13)9-19-16(21)11-20-14-6-2-3-7-15(14)24-17(20)22/h2-8,10,12H,9,11H2,1H3,(H,19,21). The van der Waals surface area contributed by atoms with Crippen LogP contribution in [0.3, 0.4) is 0 Å². The Balaban J connectivity index is 1.57. The zero-order valence-corrected chi connectivity index (χ0v) is 13.1. The molecule has 0 aliphatic carbocycles. The van der Waals surface area contributed by atoms with E-state index < -0.39 is 5.76 Å². The third kappa shape index (κ3) is 3.62. The first-order chi connectivity index (χ1) is 11.6. The number of aromatic nitrogens is 2. The number of oxazole rings is 1. The van der Waals surface area contributed by atoms with Crippen molar-refractivity contribution in [1.82, 2.24) is 14.9 Å². The molecule has 0 spiro atoms. The maximum atomic E-state index is 12.1. The summed E-state index contributed by atoms with van der Waals surface area (Å²) in [6, 6.07) is 10.6. The molecule has 2 aromatic heterocycles. The summed E-state index contributed by atoms with van der Waals surface area (Å²) in [5, 5.41) is 2.75. The van der Waals surface area contributed by atoms with Crippen LogP contribution in [-0.2, 0) is 11.3 Å². The number of hydrogen-bond acceptors (Lipinski definition) is 5. The van der Waals surface area contributed by atoms with E-state index in [4.69, 9.17) is 9.15 Å². The lowest BCUT2D eigenvalue weighted by atomic mass is 10.3. The van der Waals surface area contributed by atoms with E-state index in [-0.39, 0.29) is 18.6 Å². The van der Waals surface area contributed by atoms with Crippen LogP contribution in [0.25, 0.3) is 11.1 Å². The molecule has 7 heteroatoms. The Labute approximate surface area is 137 Å². The monoisotopic (exact) mass is 327 g/mol. The summed E-state index contributed by atoms with van der Waals surface area (Å²) in [6.45, 7) is 2.06. The van der Waals surface area contributed by atoms with Gasteiger partial charge in [0.1, 0.15) is 18.4 Å². The Morgan fingerprint density at radius 1 is 1.33 bits per heavy atom. The van der Waals surface area contributed by atoms with Crippen LogP contribution < -0.4 is 15.8 Å². The van der Waals surface area contributed by atoms with E-state index in [0.717, 1.165) is 0 Å². The molecule has 3 rings (SSSR count). The van der Waals surface area contributed by atoms with Crippen LogP contribution in [0.5, 0.6) is 5.75 Å². The van der Waals surface area contributed by atoms with Crippen LogP contribution in [0, 0.1) is 0 Å². The number of carbonyl (C=O) groups excluding carboxylic acids is 1. The summed E-state index contributed by atoms with van der Waals surface area (Å²) in [6.07, 6.45) is 3.04. The third-order valence-corrected chi connectivity index (χ3v) is 3.43. The van der Waals surface area contributed by atoms with Crippen LogP contribution in [-0.4, -0.2) is 28.1 Å². The fraction of sp³-hybridized carbons (Fsp3) is 0.235. The molecule has 1 N–H and O–H groups in total. The lowest BCUT2D eigenvalue weighted by Gasteiger charge is -2.15. The third-order valence-electron chi connectivity index (χ3n) is 3.43. The lowest BCUT2D eigenvalue weighted by molar-refractivity contribution is -0.122. The predicted molar refractivity (Wildman–Crippen MR) is 87.8 cm³/mol. The molecule has 1 aromatic carbocycles. The molecule has 1 unspecified atom stereocenters. The summed E-state index contributed by atoms with van der Waals surface area (Å²) in [4.78, 5) is 27.9. The van der Waals surface area contributed by atoms with Gasteiger partial charge in [-0.2, -0.15) is 0 Å². The quantitative estimate of drug-likeness (QED) is 0.743. The number of carbonyl (C=O) groups is 1. The van der Waals surface area contributed by atoms with E-state index in [0.29, 0.717) is 23.4 Å². The first kappa shape index (κ1) is 15.8. The first-order valence-electron chi connectivity index (χ1n) is 7.55. The van der Waals surface area contributed by atoms with Crippen molar-refractivity contribution >= 4 is 17.0 Å². The van der Waals surface area contributed by atoms with Crippen molar-refractivity contribution in [1.29, 1.82) is 0 Å². The molecule has 0 saturated heterocycles. The highest BCUT2D eigenvalue weighted by Gasteiger charge is 2.13. The largest absolute Gasteiger partial charge is 0.487 e. The predicted octanol–water partition coefficient (Wildman–Crippen LogP) is 1.57. The average molecular weight is 327 g/mol. The lowest BCUT2D eigenvalue weighted by Crippen LogP contribution is -2.36. The highest BCUT2D eigenvalue weighted by atomic mass is 16.5. The van der Waals surface area contributed by atoms with E-state index in [1.807, 2.05) is 6.92 Å². The summed E-state index contributed by atoms with van der Waals surface area (Å²) in [7, 11) is 0. The molecule has 24 heavy (non-hydrogen) atoms. The number of pyridine rings is 1. The van der Waals surface area contributed by atoms with Crippen LogP contribution in [0.15, 0.2) is 58.0 Å². The number of nitrogens with zero attached hydrogens (tertiary/aromatic N) is 2. The van der Waals surface area contributed by atoms with Crippen LogP contribution in [0.1, 0.15) is 6.92 Å². The van der Waals surface area contributed by atoms with Crippen molar-refractivity contribution in [2.75, 3.05) is 6.54 Å². The van der Waals surface area contributed by atoms with E-state index in [2.05, 4.69) is 10.3 Å².